The van der Waals surface area contributed by atoms with E-state index >= 15 is 0 Å². The first-order valence-electron chi connectivity index (χ1n) is 20.4. The van der Waals surface area contributed by atoms with Crippen LogP contribution in [0.2, 0.25) is 5.02 Å². The Hall–Kier alpha value is -3.81. The fourth-order valence-corrected chi connectivity index (χ4v) is 10.8. The van der Waals surface area contributed by atoms with Gasteiger partial charge in [0, 0.05) is 49.3 Å². The van der Waals surface area contributed by atoms with Gasteiger partial charge in [-0.3, -0.25) is 9.52 Å². The van der Waals surface area contributed by atoms with Crippen molar-refractivity contribution < 1.29 is 32.8 Å². The minimum Gasteiger partial charge on any atom is -0.490 e. The molecule has 12 nitrogen and oxygen atoms in total. The molecule has 6 atom stereocenters. The number of aryl methyl sites for hydroxylation is 1. The first kappa shape index (κ1) is 44.3. The van der Waals surface area contributed by atoms with Crippen molar-refractivity contribution in [2.24, 2.45) is 22.1 Å². The number of hydrogen-bond acceptors (Lipinski definition) is 8. The van der Waals surface area contributed by atoms with Gasteiger partial charge in [0.2, 0.25) is 0 Å². The third-order valence-corrected chi connectivity index (χ3v) is 14.2. The van der Waals surface area contributed by atoms with Crippen LogP contribution in [0.15, 0.2) is 53.4 Å². The number of halogens is 1. The van der Waals surface area contributed by atoms with Crippen molar-refractivity contribution in [3.05, 3.63) is 70.8 Å². The molecule has 1 fully saturated rings. The smallest absolute Gasteiger partial charge is 0.410 e. The number of nitrogens with one attached hydrogen (secondary N) is 1. The number of allylic oxidation sites excluding steroid dienone is 1. The SMILES string of the molecule is C=CC[C@H](C)C[S@](=O)(=NC(=O)c1ccc2c(c1)N(C[C@H](C)[C@@H](CC)[C@H](C)OC)C[C@@]1(CCCc3cc(Cl)ccc31)CO2)NC(=O)N1CC(OC(=O)N(CC)CC)C1. The van der Waals surface area contributed by atoms with Crippen LogP contribution < -0.4 is 14.4 Å². The molecule has 3 aliphatic rings. The summed E-state index contributed by atoms with van der Waals surface area (Å²) in [6, 6.07) is 10.8. The van der Waals surface area contributed by atoms with Crippen molar-refractivity contribution in [3.63, 3.8) is 0 Å². The van der Waals surface area contributed by atoms with Crippen molar-refractivity contribution in [1.29, 1.82) is 0 Å². The van der Waals surface area contributed by atoms with Crippen LogP contribution in [0.4, 0.5) is 15.3 Å². The van der Waals surface area contributed by atoms with Crippen molar-refractivity contribution >= 4 is 45.2 Å². The van der Waals surface area contributed by atoms with E-state index in [1.807, 2.05) is 26.8 Å². The van der Waals surface area contributed by atoms with Crippen LogP contribution in [0.25, 0.3) is 0 Å². The molecule has 0 saturated carbocycles. The highest BCUT2D eigenvalue weighted by molar-refractivity contribution is 7.92. The van der Waals surface area contributed by atoms with Gasteiger partial charge in [0.25, 0.3) is 5.91 Å². The van der Waals surface area contributed by atoms with E-state index in [0.717, 1.165) is 36.4 Å². The van der Waals surface area contributed by atoms with E-state index in [1.54, 1.807) is 36.3 Å². The molecule has 1 N–H and O–H groups in total. The Balaban J connectivity index is 1.45. The number of ether oxygens (including phenoxy) is 3. The highest BCUT2D eigenvalue weighted by Crippen LogP contribution is 2.45. The number of fused-ring (bicyclic) bond motifs is 3. The van der Waals surface area contributed by atoms with E-state index < -0.39 is 34.1 Å². The molecule has 5 rings (SSSR count). The van der Waals surface area contributed by atoms with Crippen LogP contribution in [0, 0.1) is 17.8 Å². The number of hydrogen-bond donors (Lipinski definition) is 1. The summed E-state index contributed by atoms with van der Waals surface area (Å²) in [4.78, 5) is 45.2. The molecule has 1 spiro atoms. The second kappa shape index (κ2) is 19.3. The normalized spacial score (nSPS) is 20.9. The predicted octanol–water partition coefficient (Wildman–Crippen LogP) is 8.12. The number of carbonyl (C=O) groups excluding carboxylic acids is 3. The fraction of sp³-hybridized carbons (Fsp3) is 0.605. The first-order valence-corrected chi connectivity index (χ1v) is 22.5. The van der Waals surface area contributed by atoms with E-state index in [2.05, 4.69) is 53.5 Å². The molecule has 0 bridgehead atoms. The summed E-state index contributed by atoms with van der Waals surface area (Å²) in [5, 5.41) is 0.720. The van der Waals surface area contributed by atoms with Gasteiger partial charge in [-0.25, -0.2) is 13.8 Å². The van der Waals surface area contributed by atoms with Gasteiger partial charge in [0.05, 0.1) is 37.2 Å². The molecule has 2 aromatic rings. The Bertz CT molecular complexity index is 1890. The Morgan fingerprint density at radius 1 is 1.14 bits per heavy atom. The summed E-state index contributed by atoms with van der Waals surface area (Å²) in [5.74, 6) is 0.240. The lowest BCUT2D eigenvalue weighted by Gasteiger charge is -2.42. The largest absolute Gasteiger partial charge is 0.490 e. The van der Waals surface area contributed by atoms with Gasteiger partial charge in [-0.2, -0.15) is 0 Å². The van der Waals surface area contributed by atoms with Crippen LogP contribution in [-0.2, 0) is 31.2 Å². The number of carbonyl (C=O) groups is 3. The second-order valence-corrected chi connectivity index (χ2v) is 18.5. The zero-order valence-electron chi connectivity index (χ0n) is 34.8. The van der Waals surface area contributed by atoms with Gasteiger partial charge in [0.1, 0.15) is 21.8 Å². The van der Waals surface area contributed by atoms with Crippen LogP contribution in [0.5, 0.6) is 5.75 Å². The van der Waals surface area contributed by atoms with Gasteiger partial charge in [-0.1, -0.05) is 50.9 Å². The molecule has 2 heterocycles. The molecule has 14 heteroatoms. The third-order valence-electron chi connectivity index (χ3n) is 12.0. The molecule has 1 saturated heterocycles. The second-order valence-electron chi connectivity index (χ2n) is 16.1. The number of anilines is 1. The van der Waals surface area contributed by atoms with Crippen molar-refractivity contribution in [2.75, 3.05) is 63.6 Å². The van der Waals surface area contributed by atoms with E-state index in [4.69, 9.17) is 25.8 Å². The summed E-state index contributed by atoms with van der Waals surface area (Å²) in [6.07, 6.45) is 5.21. The lowest BCUT2D eigenvalue weighted by Crippen LogP contribution is -2.59. The maximum absolute atomic E-state index is 14.5. The Morgan fingerprint density at radius 3 is 2.54 bits per heavy atom. The standard InChI is InChI=1S/C43H62ClN5O7S/c1-9-14-29(5)26-57(53,46-41(51)48-24-35(25-48)56-42(52)47(11-3)12-4)45-40(50)33-16-19-39-38(22-33)49(23-30(6)36(10-2)31(7)54-8)27-43(28-55-39)20-13-15-32-21-34(44)17-18-37(32)43/h9,16-19,21-22,29-31,35-36H,1,10-15,20,23-28H2,2-8H3,(H,45,46,50,51,53)/t29-,30-,31-,36+,43-,57-/m0/s1. The molecule has 1 aliphatic carbocycles. The van der Waals surface area contributed by atoms with E-state index in [1.165, 1.54) is 16.0 Å². The van der Waals surface area contributed by atoms with Gasteiger partial charge >= 0.3 is 12.1 Å². The average Bonchev–Trinajstić information content (AvgIpc) is 3.29. The van der Waals surface area contributed by atoms with Crippen molar-refractivity contribution in [3.8, 4) is 5.75 Å². The molecule has 4 amide bonds. The molecular weight excluding hydrogens is 766 g/mol. The molecule has 2 aromatic carbocycles. The van der Waals surface area contributed by atoms with E-state index in [9.17, 15) is 18.6 Å². The summed E-state index contributed by atoms with van der Waals surface area (Å²) in [6.45, 7) is 19.1. The minimum absolute atomic E-state index is 0.0511. The zero-order chi connectivity index (χ0) is 41.5. The van der Waals surface area contributed by atoms with Gasteiger partial charge in [-0.15, -0.1) is 10.9 Å². The molecule has 2 aliphatic heterocycles. The summed E-state index contributed by atoms with van der Waals surface area (Å²) >= 11 is 6.47. The maximum Gasteiger partial charge on any atom is 0.410 e. The third kappa shape index (κ3) is 10.4. The molecule has 57 heavy (non-hydrogen) atoms. The van der Waals surface area contributed by atoms with Gasteiger partial charge in [-0.05, 0) is 106 Å². The molecule has 0 unspecified atom stereocenters. The molecular formula is C43H62ClN5O7S. The lowest BCUT2D eigenvalue weighted by molar-refractivity contribution is -0.00662. The van der Waals surface area contributed by atoms with Gasteiger partial charge < -0.3 is 28.9 Å². The number of methoxy groups -OCH3 is 1. The van der Waals surface area contributed by atoms with Crippen molar-refractivity contribution in [2.45, 2.75) is 91.3 Å². The maximum atomic E-state index is 14.5. The monoisotopic (exact) mass is 827 g/mol. The number of nitrogens with zero attached hydrogens (tertiary/aromatic N) is 4. The number of likely N-dealkylation sites (tertiary alicyclic amines) is 1. The van der Waals surface area contributed by atoms with Crippen LogP contribution in [0.3, 0.4) is 0 Å². The Labute approximate surface area is 344 Å². The van der Waals surface area contributed by atoms with Crippen LogP contribution in [0.1, 0.15) is 88.7 Å². The van der Waals surface area contributed by atoms with Crippen LogP contribution >= 0.6 is 11.6 Å². The predicted molar refractivity (Wildman–Crippen MR) is 227 cm³/mol. The lowest BCUT2D eigenvalue weighted by atomic mass is 9.70. The van der Waals surface area contributed by atoms with E-state index in [-0.39, 0.29) is 53.7 Å². The summed E-state index contributed by atoms with van der Waals surface area (Å²) < 4.78 is 39.3. The average molecular weight is 829 g/mol. The molecule has 0 radical (unpaired) electrons. The van der Waals surface area contributed by atoms with Gasteiger partial charge in [0.15, 0.2) is 0 Å². The topological polar surface area (TPSA) is 130 Å². The fourth-order valence-electron chi connectivity index (χ4n) is 8.71. The Morgan fingerprint density at radius 2 is 1.88 bits per heavy atom. The Kier molecular flexibility index (Phi) is 15.0. The quantitative estimate of drug-likeness (QED) is 0.178. The zero-order valence-corrected chi connectivity index (χ0v) is 36.3. The van der Waals surface area contributed by atoms with E-state index in [0.29, 0.717) is 45.0 Å². The molecule has 314 valence electrons. The first-order chi connectivity index (χ1) is 27.2. The summed E-state index contributed by atoms with van der Waals surface area (Å²) in [7, 11) is -1.84. The van der Waals surface area contributed by atoms with Crippen molar-refractivity contribution in [1.82, 2.24) is 14.5 Å². The highest BCUT2D eigenvalue weighted by Gasteiger charge is 2.43. The highest BCUT2D eigenvalue weighted by atomic mass is 35.5. The number of benzene rings is 2. The minimum atomic E-state index is -3.59. The summed E-state index contributed by atoms with van der Waals surface area (Å²) in [5.41, 5.74) is 3.18. The number of amides is 4. The van der Waals surface area contributed by atoms with Crippen LogP contribution in [-0.4, -0.2) is 103 Å². The number of urea groups is 1. The number of rotatable bonds is 15. The molecule has 0 aromatic heterocycles.